The van der Waals surface area contributed by atoms with E-state index < -0.39 is 10.0 Å². The molecule has 0 aliphatic carbocycles. The molecule has 6 nitrogen and oxygen atoms in total. The number of nitrogens with zero attached hydrogens (tertiary/aromatic N) is 2. The van der Waals surface area contributed by atoms with Crippen LogP contribution in [0.25, 0.3) is 0 Å². The van der Waals surface area contributed by atoms with E-state index in [1.165, 1.54) is 36.8 Å². The number of hydrogen-bond donors (Lipinski definition) is 2. The van der Waals surface area contributed by atoms with Crippen LogP contribution in [-0.2, 0) is 10.0 Å². The second kappa shape index (κ2) is 4.79. The van der Waals surface area contributed by atoms with Crippen LogP contribution in [0.5, 0.6) is 0 Å². The Bertz CT molecular complexity index is 661. The van der Waals surface area contributed by atoms with Gasteiger partial charge < -0.3 is 5.73 Å². The summed E-state index contributed by atoms with van der Waals surface area (Å²) in [4.78, 5) is 7.47. The van der Waals surface area contributed by atoms with Gasteiger partial charge in [0.05, 0.1) is 11.9 Å². The highest BCUT2D eigenvalue weighted by Crippen LogP contribution is 2.24. The number of hydrogen-bond acceptors (Lipinski definition) is 5. The summed E-state index contributed by atoms with van der Waals surface area (Å²) in [7, 11) is -3.83. The molecule has 2 aromatic rings. The maximum atomic E-state index is 12.1. The van der Waals surface area contributed by atoms with Gasteiger partial charge in [-0.3, -0.25) is 9.71 Å². The number of nitrogens with two attached hydrogens (primary N) is 1. The summed E-state index contributed by atoms with van der Waals surface area (Å²) in [5.74, 6) is 0.108. The molecule has 0 amide bonds. The lowest BCUT2D eigenvalue weighted by molar-refractivity contribution is 0.601. The smallest absolute Gasteiger partial charge is 0.265 e. The monoisotopic (exact) mass is 284 g/mol. The minimum absolute atomic E-state index is 0.0966. The largest absolute Gasteiger partial charge is 0.398 e. The zero-order chi connectivity index (χ0) is 13.2. The Morgan fingerprint density at radius 2 is 2.06 bits per heavy atom. The van der Waals surface area contributed by atoms with E-state index in [9.17, 15) is 8.42 Å². The van der Waals surface area contributed by atoms with Gasteiger partial charge in [-0.15, -0.1) is 0 Å². The number of anilines is 2. The molecule has 0 fully saturated rings. The number of halogens is 1. The van der Waals surface area contributed by atoms with Crippen molar-refractivity contribution < 1.29 is 8.42 Å². The lowest BCUT2D eigenvalue weighted by Crippen LogP contribution is -2.15. The number of aromatic nitrogens is 2. The summed E-state index contributed by atoms with van der Waals surface area (Å²) in [6, 6.07) is 4.21. The van der Waals surface area contributed by atoms with Crippen LogP contribution in [0.3, 0.4) is 0 Å². The van der Waals surface area contributed by atoms with Crippen LogP contribution in [0.15, 0.2) is 41.7 Å². The van der Waals surface area contributed by atoms with Crippen molar-refractivity contribution >= 4 is 33.1 Å². The molecule has 1 aromatic heterocycles. The average molecular weight is 285 g/mol. The molecule has 18 heavy (non-hydrogen) atoms. The van der Waals surface area contributed by atoms with E-state index in [4.69, 9.17) is 17.3 Å². The third kappa shape index (κ3) is 2.69. The molecule has 8 heteroatoms. The molecule has 0 radical (unpaired) electrons. The summed E-state index contributed by atoms with van der Waals surface area (Å²) in [5, 5.41) is 0.281. The molecule has 0 saturated carbocycles. The van der Waals surface area contributed by atoms with Crippen molar-refractivity contribution in [2.75, 3.05) is 10.5 Å². The zero-order valence-electron chi connectivity index (χ0n) is 9.04. The lowest BCUT2D eigenvalue weighted by Gasteiger charge is -2.09. The van der Waals surface area contributed by atoms with Gasteiger partial charge in [-0.1, -0.05) is 11.6 Å². The molecular weight excluding hydrogens is 276 g/mol. The predicted molar refractivity (Wildman–Crippen MR) is 68.7 cm³/mol. The number of nitrogens with one attached hydrogen (secondary N) is 1. The quantitative estimate of drug-likeness (QED) is 0.833. The SMILES string of the molecule is Nc1ccc(Cl)cc1S(=O)(=O)Nc1cnccn1. The van der Waals surface area contributed by atoms with E-state index in [1.54, 1.807) is 0 Å². The lowest BCUT2D eigenvalue weighted by atomic mass is 10.3. The van der Waals surface area contributed by atoms with Crippen LogP contribution in [0.2, 0.25) is 5.02 Å². The van der Waals surface area contributed by atoms with Crippen molar-refractivity contribution in [3.8, 4) is 0 Å². The molecule has 94 valence electrons. The van der Waals surface area contributed by atoms with Crippen molar-refractivity contribution in [1.29, 1.82) is 0 Å². The van der Waals surface area contributed by atoms with Gasteiger partial charge in [0.1, 0.15) is 4.90 Å². The minimum atomic E-state index is -3.83. The first-order valence-corrected chi connectivity index (χ1v) is 6.69. The maximum absolute atomic E-state index is 12.1. The van der Waals surface area contributed by atoms with Crippen LogP contribution in [0.1, 0.15) is 0 Å². The fourth-order valence-electron chi connectivity index (χ4n) is 1.29. The Kier molecular flexibility index (Phi) is 3.35. The maximum Gasteiger partial charge on any atom is 0.265 e. The molecule has 0 spiro atoms. The van der Waals surface area contributed by atoms with E-state index in [1.807, 2.05) is 0 Å². The highest BCUT2D eigenvalue weighted by molar-refractivity contribution is 7.92. The molecule has 1 heterocycles. The van der Waals surface area contributed by atoms with Gasteiger partial charge in [0, 0.05) is 17.4 Å². The highest BCUT2D eigenvalue weighted by atomic mass is 35.5. The molecular formula is C10H9ClN4O2S. The summed E-state index contributed by atoms with van der Waals surface area (Å²) >= 11 is 5.75. The molecule has 0 bridgehead atoms. The number of nitrogen functional groups attached to an aromatic ring is 1. The van der Waals surface area contributed by atoms with Crippen molar-refractivity contribution in [2.24, 2.45) is 0 Å². The van der Waals surface area contributed by atoms with Crippen molar-refractivity contribution in [3.63, 3.8) is 0 Å². The Morgan fingerprint density at radius 3 is 2.72 bits per heavy atom. The van der Waals surface area contributed by atoms with Gasteiger partial charge in [-0.05, 0) is 18.2 Å². The van der Waals surface area contributed by atoms with Crippen LogP contribution in [0, 0.1) is 0 Å². The molecule has 0 saturated heterocycles. The van der Waals surface area contributed by atoms with Crippen molar-refractivity contribution in [2.45, 2.75) is 4.90 Å². The van der Waals surface area contributed by atoms with Gasteiger partial charge in [-0.2, -0.15) is 0 Å². The summed E-state index contributed by atoms with van der Waals surface area (Å²) in [6.45, 7) is 0. The average Bonchev–Trinajstić information content (AvgIpc) is 2.33. The molecule has 2 rings (SSSR count). The Labute approximate surface area is 109 Å². The van der Waals surface area contributed by atoms with Gasteiger partial charge in [-0.25, -0.2) is 13.4 Å². The fraction of sp³-hybridized carbons (Fsp3) is 0. The van der Waals surface area contributed by atoms with Crippen LogP contribution in [-0.4, -0.2) is 18.4 Å². The second-order valence-corrected chi connectivity index (χ2v) is 5.47. The topological polar surface area (TPSA) is 98.0 Å². The molecule has 3 N–H and O–H groups in total. The summed E-state index contributed by atoms with van der Waals surface area (Å²) < 4.78 is 26.4. The molecule has 0 aliphatic heterocycles. The Balaban J connectivity index is 2.40. The first-order valence-electron chi connectivity index (χ1n) is 4.83. The zero-order valence-corrected chi connectivity index (χ0v) is 10.6. The minimum Gasteiger partial charge on any atom is -0.398 e. The third-order valence-corrected chi connectivity index (χ3v) is 3.71. The standard InChI is InChI=1S/C10H9ClN4O2S/c11-7-1-2-8(12)9(5-7)18(16,17)15-10-6-13-3-4-14-10/h1-6H,12H2,(H,14,15). The third-order valence-electron chi connectivity index (χ3n) is 2.07. The van der Waals surface area contributed by atoms with E-state index >= 15 is 0 Å². The molecule has 0 aliphatic rings. The number of sulfonamides is 1. The number of rotatable bonds is 3. The molecule has 0 unspecified atom stereocenters. The van der Waals surface area contributed by atoms with Gasteiger partial charge in [0.15, 0.2) is 5.82 Å². The molecule has 0 atom stereocenters. The van der Waals surface area contributed by atoms with Crippen molar-refractivity contribution in [1.82, 2.24) is 9.97 Å². The van der Waals surface area contributed by atoms with E-state index in [0.717, 1.165) is 0 Å². The normalized spacial score (nSPS) is 11.2. The van der Waals surface area contributed by atoms with E-state index in [0.29, 0.717) is 0 Å². The molecule has 1 aromatic carbocycles. The highest BCUT2D eigenvalue weighted by Gasteiger charge is 2.18. The van der Waals surface area contributed by atoms with E-state index in [2.05, 4.69) is 14.7 Å². The van der Waals surface area contributed by atoms with Gasteiger partial charge in [0.2, 0.25) is 0 Å². The van der Waals surface area contributed by atoms with Crippen molar-refractivity contribution in [3.05, 3.63) is 41.8 Å². The van der Waals surface area contributed by atoms with Crippen LogP contribution < -0.4 is 10.5 Å². The fourth-order valence-corrected chi connectivity index (χ4v) is 2.67. The number of benzene rings is 1. The first-order chi connectivity index (χ1) is 8.49. The summed E-state index contributed by atoms with van der Waals surface area (Å²) in [5.41, 5.74) is 5.72. The first kappa shape index (κ1) is 12.6. The van der Waals surface area contributed by atoms with Crippen LogP contribution in [0.4, 0.5) is 11.5 Å². The van der Waals surface area contributed by atoms with Gasteiger partial charge >= 0.3 is 0 Å². The Hall–Kier alpha value is -1.86. The van der Waals surface area contributed by atoms with Crippen LogP contribution >= 0.6 is 11.6 Å². The van der Waals surface area contributed by atoms with Gasteiger partial charge in [0.25, 0.3) is 10.0 Å². The predicted octanol–water partition coefficient (Wildman–Crippen LogP) is 1.51. The summed E-state index contributed by atoms with van der Waals surface area (Å²) in [6.07, 6.45) is 4.10. The second-order valence-electron chi connectivity index (χ2n) is 3.38. The Morgan fingerprint density at radius 1 is 1.28 bits per heavy atom. The van der Waals surface area contributed by atoms with E-state index in [-0.39, 0.29) is 21.4 Å².